The van der Waals surface area contributed by atoms with Crippen molar-refractivity contribution in [2.75, 3.05) is 37.6 Å². The number of aromatic nitrogens is 2. The van der Waals surface area contributed by atoms with Gasteiger partial charge in [0, 0.05) is 39.4 Å². The van der Waals surface area contributed by atoms with Crippen LogP contribution in [0.5, 0.6) is 0 Å². The van der Waals surface area contributed by atoms with Crippen LogP contribution < -0.4 is 10.2 Å². The first kappa shape index (κ1) is 17.3. The van der Waals surface area contributed by atoms with Gasteiger partial charge in [-0.15, -0.1) is 0 Å². The van der Waals surface area contributed by atoms with Gasteiger partial charge in [-0.1, -0.05) is 13.8 Å². The lowest BCUT2D eigenvalue weighted by atomic mass is 10.1. The second-order valence-electron chi connectivity index (χ2n) is 6.26. The van der Waals surface area contributed by atoms with Crippen molar-refractivity contribution in [3.05, 3.63) is 12.4 Å². The Balaban J connectivity index is 2.00. The Morgan fingerprint density at radius 3 is 2.78 bits per heavy atom. The molecule has 1 aromatic rings. The van der Waals surface area contributed by atoms with E-state index >= 15 is 0 Å². The number of nitrogens with zero attached hydrogens (tertiary/aromatic N) is 5. The van der Waals surface area contributed by atoms with E-state index in [4.69, 9.17) is 0 Å². The first-order valence-electron chi connectivity index (χ1n) is 8.33. The molecule has 1 aliphatic heterocycles. The van der Waals surface area contributed by atoms with Crippen LogP contribution in [0, 0.1) is 5.92 Å². The quantitative estimate of drug-likeness (QED) is 0.651. The minimum Gasteiger partial charge on any atom is -0.357 e. The van der Waals surface area contributed by atoms with E-state index in [1.54, 1.807) is 15.8 Å². The summed E-state index contributed by atoms with van der Waals surface area (Å²) in [6, 6.07) is 0. The van der Waals surface area contributed by atoms with E-state index < -0.39 is 0 Å². The van der Waals surface area contributed by atoms with Gasteiger partial charge in [-0.05, 0) is 19.3 Å². The van der Waals surface area contributed by atoms with Crippen molar-refractivity contribution in [3.63, 3.8) is 0 Å². The first-order valence-corrected chi connectivity index (χ1v) is 8.33. The molecule has 0 unspecified atom stereocenters. The average Bonchev–Trinajstić information content (AvgIpc) is 2.92. The van der Waals surface area contributed by atoms with E-state index in [0.717, 1.165) is 37.7 Å². The molecule has 2 rings (SSSR count). The number of guanidine groups is 1. The zero-order chi connectivity index (χ0) is 16.8. The zero-order valence-electron chi connectivity index (χ0n) is 14.6. The van der Waals surface area contributed by atoms with Gasteiger partial charge in [0.2, 0.25) is 5.91 Å². The largest absolute Gasteiger partial charge is 0.357 e. The molecule has 1 aliphatic rings. The topological polar surface area (TPSA) is 65.8 Å². The summed E-state index contributed by atoms with van der Waals surface area (Å²) >= 11 is 0. The second-order valence-corrected chi connectivity index (χ2v) is 6.26. The van der Waals surface area contributed by atoms with E-state index in [1.165, 1.54) is 0 Å². The molecule has 0 aliphatic carbocycles. The Morgan fingerprint density at radius 2 is 2.22 bits per heavy atom. The molecular weight excluding hydrogens is 292 g/mol. The molecule has 23 heavy (non-hydrogen) atoms. The molecule has 1 saturated heterocycles. The summed E-state index contributed by atoms with van der Waals surface area (Å²) in [6.07, 6.45) is 4.66. The van der Waals surface area contributed by atoms with E-state index in [2.05, 4.69) is 29.3 Å². The minimum absolute atomic E-state index is 0.0821. The Bertz CT molecular complexity index is 551. The maximum atomic E-state index is 12.5. The van der Waals surface area contributed by atoms with Gasteiger partial charge in [-0.2, -0.15) is 5.10 Å². The molecule has 1 fully saturated rings. The molecule has 0 atom stereocenters. The number of carbonyl (C=O) groups is 1. The predicted molar refractivity (Wildman–Crippen MR) is 92.6 cm³/mol. The highest BCUT2D eigenvalue weighted by molar-refractivity contribution is 5.98. The summed E-state index contributed by atoms with van der Waals surface area (Å²) in [5.41, 5.74) is 0.860. The normalized spacial score (nSPS) is 16.4. The van der Waals surface area contributed by atoms with Crippen LogP contribution in [-0.4, -0.2) is 59.3 Å². The van der Waals surface area contributed by atoms with Crippen molar-refractivity contribution in [2.24, 2.45) is 18.0 Å². The third kappa shape index (κ3) is 4.71. The molecule has 0 saturated carbocycles. The van der Waals surface area contributed by atoms with Crippen LogP contribution in [-0.2, 0) is 11.8 Å². The average molecular weight is 320 g/mol. The fourth-order valence-electron chi connectivity index (χ4n) is 2.53. The second kappa shape index (κ2) is 7.99. The number of piperazine rings is 1. The van der Waals surface area contributed by atoms with Gasteiger partial charge in [-0.3, -0.25) is 14.5 Å². The summed E-state index contributed by atoms with van der Waals surface area (Å²) < 4.78 is 1.71. The molecular formula is C16H28N6O. The molecule has 0 radical (unpaired) electrons. The van der Waals surface area contributed by atoms with Crippen molar-refractivity contribution >= 4 is 17.6 Å². The summed E-state index contributed by atoms with van der Waals surface area (Å²) in [7, 11) is 1.86. The molecule has 1 amide bonds. The van der Waals surface area contributed by atoms with Crippen molar-refractivity contribution in [1.29, 1.82) is 0 Å². The summed E-state index contributed by atoms with van der Waals surface area (Å²) in [5.74, 6) is 1.55. The maximum absolute atomic E-state index is 12.5. The summed E-state index contributed by atoms with van der Waals surface area (Å²) in [5, 5.41) is 7.43. The standard InChI is InChI=1S/C16H28N6O/c1-5-17-16(18-7-6-13(2)3)21-8-9-22(15(23)12-21)14-10-19-20(4)11-14/h10-11,13H,5-9,12H2,1-4H3,(H,17,18). The SMILES string of the molecule is CCNC(=NCCC(C)C)N1CCN(c2cnn(C)c2)C(=O)C1. The van der Waals surface area contributed by atoms with Gasteiger partial charge in [0.25, 0.3) is 0 Å². The zero-order valence-corrected chi connectivity index (χ0v) is 14.6. The van der Waals surface area contributed by atoms with E-state index in [-0.39, 0.29) is 5.91 Å². The number of nitrogens with one attached hydrogen (secondary N) is 1. The van der Waals surface area contributed by atoms with Crippen LogP contribution in [0.25, 0.3) is 0 Å². The molecule has 1 aromatic heterocycles. The monoisotopic (exact) mass is 320 g/mol. The van der Waals surface area contributed by atoms with E-state index in [0.29, 0.717) is 19.0 Å². The van der Waals surface area contributed by atoms with Crippen LogP contribution >= 0.6 is 0 Å². The van der Waals surface area contributed by atoms with Crippen LogP contribution in [0.15, 0.2) is 17.4 Å². The number of aliphatic imine (C=N–C) groups is 1. The molecule has 0 bridgehead atoms. The Labute approximate surface area is 138 Å². The lowest BCUT2D eigenvalue weighted by Crippen LogP contribution is -2.55. The van der Waals surface area contributed by atoms with E-state index in [9.17, 15) is 4.79 Å². The fourth-order valence-corrected chi connectivity index (χ4v) is 2.53. The number of anilines is 1. The highest BCUT2D eigenvalue weighted by Crippen LogP contribution is 2.16. The molecule has 7 heteroatoms. The van der Waals surface area contributed by atoms with Crippen molar-refractivity contribution < 1.29 is 4.79 Å². The van der Waals surface area contributed by atoms with Gasteiger partial charge in [-0.25, -0.2) is 0 Å². The van der Waals surface area contributed by atoms with Crippen LogP contribution in [0.4, 0.5) is 5.69 Å². The van der Waals surface area contributed by atoms with Crippen molar-refractivity contribution in [1.82, 2.24) is 20.0 Å². The number of rotatable bonds is 5. The van der Waals surface area contributed by atoms with Crippen LogP contribution in [0.1, 0.15) is 27.2 Å². The minimum atomic E-state index is 0.0821. The number of hydrogen-bond donors (Lipinski definition) is 1. The van der Waals surface area contributed by atoms with Crippen LogP contribution in [0.2, 0.25) is 0 Å². The smallest absolute Gasteiger partial charge is 0.246 e. The highest BCUT2D eigenvalue weighted by Gasteiger charge is 2.27. The van der Waals surface area contributed by atoms with Gasteiger partial charge >= 0.3 is 0 Å². The Hall–Kier alpha value is -2.05. The van der Waals surface area contributed by atoms with Gasteiger partial charge in [0.05, 0.1) is 11.9 Å². The number of hydrogen-bond acceptors (Lipinski definition) is 3. The number of carbonyl (C=O) groups excluding carboxylic acids is 1. The number of aryl methyl sites for hydroxylation is 1. The highest BCUT2D eigenvalue weighted by atomic mass is 16.2. The molecule has 7 nitrogen and oxygen atoms in total. The molecule has 0 aromatic carbocycles. The van der Waals surface area contributed by atoms with E-state index in [1.807, 2.05) is 25.1 Å². The molecule has 1 N–H and O–H groups in total. The Kier molecular flexibility index (Phi) is 6.01. The molecule has 128 valence electrons. The van der Waals surface area contributed by atoms with Crippen molar-refractivity contribution in [3.8, 4) is 0 Å². The predicted octanol–water partition coefficient (Wildman–Crippen LogP) is 1.08. The third-order valence-corrected chi connectivity index (χ3v) is 3.83. The first-order chi connectivity index (χ1) is 11.0. The third-order valence-electron chi connectivity index (χ3n) is 3.83. The maximum Gasteiger partial charge on any atom is 0.246 e. The summed E-state index contributed by atoms with van der Waals surface area (Å²) in [6.45, 7) is 9.80. The van der Waals surface area contributed by atoms with Gasteiger partial charge < -0.3 is 15.1 Å². The summed E-state index contributed by atoms with van der Waals surface area (Å²) in [4.78, 5) is 21.0. The van der Waals surface area contributed by atoms with Crippen molar-refractivity contribution in [2.45, 2.75) is 27.2 Å². The number of amides is 1. The molecule has 2 heterocycles. The fraction of sp³-hybridized carbons (Fsp3) is 0.688. The lowest BCUT2D eigenvalue weighted by molar-refractivity contribution is -0.120. The van der Waals surface area contributed by atoms with Crippen LogP contribution in [0.3, 0.4) is 0 Å². The molecule has 0 spiro atoms. The Morgan fingerprint density at radius 1 is 1.43 bits per heavy atom. The lowest BCUT2D eigenvalue weighted by Gasteiger charge is -2.35. The van der Waals surface area contributed by atoms with Gasteiger partial charge in [0.1, 0.15) is 6.54 Å². The van der Waals surface area contributed by atoms with Gasteiger partial charge in [0.15, 0.2) is 5.96 Å².